The molecule has 1 unspecified atom stereocenters. The molecule has 8 heteroatoms. The van der Waals surface area contributed by atoms with Gasteiger partial charge in [0.2, 0.25) is 0 Å². The number of carbonyl (C=O) groups is 1. The lowest BCUT2D eigenvalue weighted by Gasteiger charge is -2.25. The normalized spacial score (nSPS) is 15.9. The molecule has 0 aliphatic carbocycles. The van der Waals surface area contributed by atoms with Gasteiger partial charge in [0.25, 0.3) is 15.9 Å². The van der Waals surface area contributed by atoms with Crippen LogP contribution in [0.25, 0.3) is 0 Å². The van der Waals surface area contributed by atoms with Crippen LogP contribution in [0.3, 0.4) is 0 Å². The van der Waals surface area contributed by atoms with Crippen LogP contribution in [0.1, 0.15) is 28.8 Å². The van der Waals surface area contributed by atoms with Crippen LogP contribution >= 0.6 is 0 Å². The number of rotatable bonds is 7. The molecule has 1 fully saturated rings. The highest BCUT2D eigenvalue weighted by Gasteiger charge is 2.30. The summed E-state index contributed by atoms with van der Waals surface area (Å²) in [5.74, 6) is 0.107. The van der Waals surface area contributed by atoms with Crippen LogP contribution < -0.4 is 9.04 Å². The van der Waals surface area contributed by atoms with Gasteiger partial charge in [-0.15, -0.1) is 0 Å². The predicted octanol–water partition coefficient (Wildman–Crippen LogP) is 4.51. The van der Waals surface area contributed by atoms with E-state index in [1.54, 1.807) is 54.5 Å². The average Bonchev–Trinajstić information content (AvgIpc) is 3.31. The summed E-state index contributed by atoms with van der Waals surface area (Å²) in [6.07, 6.45) is 2.23. The Labute approximate surface area is 199 Å². The van der Waals surface area contributed by atoms with Crippen LogP contribution in [-0.2, 0) is 16.4 Å². The number of hydrogen-bond acceptors (Lipinski definition) is 4. The Morgan fingerprint density at radius 2 is 1.82 bits per heavy atom. The molecule has 3 aromatic rings. The summed E-state index contributed by atoms with van der Waals surface area (Å²) in [7, 11) is -0.862. The molecule has 1 heterocycles. The lowest BCUT2D eigenvalue weighted by Crippen LogP contribution is -2.37. The largest absolute Gasteiger partial charge is 0.497 e. The van der Waals surface area contributed by atoms with Crippen molar-refractivity contribution in [1.82, 2.24) is 4.90 Å². The first kappa shape index (κ1) is 23.8. The summed E-state index contributed by atoms with van der Waals surface area (Å²) in [6, 6.07) is 19.2. The SMILES string of the molecule is COc1ccc(N(C)S(=O)(=O)c2cccc(C(=O)N3CCCC3Cc3cccc(F)c3)c2)cc1. The molecule has 0 spiro atoms. The van der Waals surface area contributed by atoms with Crippen LogP contribution in [0, 0.1) is 5.82 Å². The number of halogens is 1. The average molecular weight is 483 g/mol. The molecule has 1 amide bonds. The van der Waals surface area contributed by atoms with E-state index >= 15 is 0 Å². The molecular formula is C26H27FN2O4S. The number of carbonyl (C=O) groups excluding carboxylic acids is 1. The van der Waals surface area contributed by atoms with E-state index in [0.717, 1.165) is 18.4 Å². The van der Waals surface area contributed by atoms with E-state index in [-0.39, 0.29) is 22.7 Å². The van der Waals surface area contributed by atoms with Gasteiger partial charge >= 0.3 is 0 Å². The summed E-state index contributed by atoms with van der Waals surface area (Å²) in [4.78, 5) is 15.1. The molecular weight excluding hydrogens is 455 g/mol. The van der Waals surface area contributed by atoms with Gasteiger partial charge in [-0.25, -0.2) is 12.8 Å². The molecule has 1 saturated heterocycles. The zero-order chi connectivity index (χ0) is 24.3. The maximum atomic E-state index is 13.6. The fourth-order valence-electron chi connectivity index (χ4n) is 4.30. The number of amides is 1. The van der Waals surface area contributed by atoms with E-state index in [1.807, 2.05) is 6.07 Å². The maximum absolute atomic E-state index is 13.6. The van der Waals surface area contributed by atoms with E-state index in [0.29, 0.717) is 30.0 Å². The van der Waals surface area contributed by atoms with Crippen molar-refractivity contribution < 1.29 is 22.3 Å². The zero-order valence-electron chi connectivity index (χ0n) is 19.1. The number of anilines is 1. The molecule has 4 rings (SSSR count). The van der Waals surface area contributed by atoms with Gasteiger partial charge in [-0.05, 0) is 79.4 Å². The molecule has 0 saturated carbocycles. The van der Waals surface area contributed by atoms with Gasteiger partial charge in [-0.2, -0.15) is 0 Å². The van der Waals surface area contributed by atoms with E-state index in [9.17, 15) is 17.6 Å². The van der Waals surface area contributed by atoms with Gasteiger partial charge in [0.05, 0.1) is 17.7 Å². The summed E-state index contributed by atoms with van der Waals surface area (Å²) >= 11 is 0. The third kappa shape index (κ3) is 4.92. The van der Waals surface area contributed by atoms with E-state index < -0.39 is 10.0 Å². The van der Waals surface area contributed by atoms with Crippen molar-refractivity contribution in [3.63, 3.8) is 0 Å². The Kier molecular flexibility index (Phi) is 6.88. The van der Waals surface area contributed by atoms with Crippen LogP contribution in [-0.4, -0.2) is 46.0 Å². The highest BCUT2D eigenvalue weighted by Crippen LogP contribution is 2.27. The number of nitrogens with zero attached hydrogens (tertiary/aromatic N) is 2. The molecule has 1 atom stereocenters. The Hall–Kier alpha value is -3.39. The quantitative estimate of drug-likeness (QED) is 0.497. The smallest absolute Gasteiger partial charge is 0.264 e. The lowest BCUT2D eigenvalue weighted by atomic mass is 10.0. The summed E-state index contributed by atoms with van der Waals surface area (Å²) in [5.41, 5.74) is 1.63. The number of hydrogen-bond donors (Lipinski definition) is 0. The van der Waals surface area contributed by atoms with Gasteiger partial charge < -0.3 is 9.64 Å². The van der Waals surface area contributed by atoms with Crippen molar-refractivity contribution in [2.75, 3.05) is 25.0 Å². The minimum atomic E-state index is -3.88. The number of benzene rings is 3. The summed E-state index contributed by atoms with van der Waals surface area (Å²) in [5, 5.41) is 0. The standard InChI is InChI=1S/C26H27FN2O4S/c1-28(22-11-13-24(33-2)14-12-22)34(31,32)25-10-4-7-20(18-25)26(30)29-15-5-9-23(29)17-19-6-3-8-21(27)16-19/h3-4,6-8,10-14,16,18,23H,5,9,15,17H2,1-2H3. The summed E-state index contributed by atoms with van der Waals surface area (Å²) < 4.78 is 46.4. The van der Waals surface area contributed by atoms with Crippen LogP contribution in [0.2, 0.25) is 0 Å². The molecule has 6 nitrogen and oxygen atoms in total. The third-order valence-corrected chi connectivity index (χ3v) is 7.96. The Balaban J connectivity index is 1.55. The Morgan fingerprint density at radius 1 is 1.09 bits per heavy atom. The molecule has 0 bridgehead atoms. The number of ether oxygens (including phenoxy) is 1. The minimum absolute atomic E-state index is 0.0394. The summed E-state index contributed by atoms with van der Waals surface area (Å²) in [6.45, 7) is 0.585. The van der Waals surface area contributed by atoms with E-state index in [1.165, 1.54) is 35.6 Å². The van der Waals surface area contributed by atoms with Crippen molar-refractivity contribution in [3.8, 4) is 5.75 Å². The molecule has 0 aromatic heterocycles. The van der Waals surface area contributed by atoms with E-state index in [4.69, 9.17) is 4.74 Å². The lowest BCUT2D eigenvalue weighted by molar-refractivity contribution is 0.0736. The predicted molar refractivity (Wildman–Crippen MR) is 129 cm³/mol. The molecule has 1 aliphatic rings. The molecule has 178 valence electrons. The highest BCUT2D eigenvalue weighted by atomic mass is 32.2. The molecule has 34 heavy (non-hydrogen) atoms. The fourth-order valence-corrected chi connectivity index (χ4v) is 5.54. The first-order valence-corrected chi connectivity index (χ1v) is 12.5. The van der Waals surface area contributed by atoms with Gasteiger partial charge in [0, 0.05) is 25.2 Å². The topological polar surface area (TPSA) is 66.9 Å². The second-order valence-electron chi connectivity index (χ2n) is 8.33. The molecule has 1 aliphatic heterocycles. The zero-order valence-corrected chi connectivity index (χ0v) is 20.0. The molecule has 0 N–H and O–H groups in total. The second kappa shape index (κ2) is 9.85. The van der Waals surface area contributed by atoms with Gasteiger partial charge in [-0.1, -0.05) is 18.2 Å². The van der Waals surface area contributed by atoms with Crippen molar-refractivity contribution >= 4 is 21.6 Å². The van der Waals surface area contributed by atoms with Gasteiger partial charge in [0.1, 0.15) is 11.6 Å². The minimum Gasteiger partial charge on any atom is -0.497 e. The first-order chi connectivity index (χ1) is 16.3. The maximum Gasteiger partial charge on any atom is 0.264 e. The van der Waals surface area contributed by atoms with E-state index in [2.05, 4.69) is 0 Å². The van der Waals surface area contributed by atoms with Crippen molar-refractivity contribution in [2.45, 2.75) is 30.2 Å². The Bertz CT molecular complexity index is 1280. The van der Waals surface area contributed by atoms with Crippen molar-refractivity contribution in [1.29, 1.82) is 0 Å². The van der Waals surface area contributed by atoms with Crippen LogP contribution in [0.5, 0.6) is 5.75 Å². The number of sulfonamides is 1. The highest BCUT2D eigenvalue weighted by molar-refractivity contribution is 7.92. The van der Waals surface area contributed by atoms with Gasteiger partial charge in [-0.3, -0.25) is 9.10 Å². The third-order valence-electron chi connectivity index (χ3n) is 6.17. The van der Waals surface area contributed by atoms with Crippen LogP contribution in [0.15, 0.2) is 77.7 Å². The number of likely N-dealkylation sites (tertiary alicyclic amines) is 1. The van der Waals surface area contributed by atoms with Gasteiger partial charge in [0.15, 0.2) is 0 Å². The van der Waals surface area contributed by atoms with Crippen molar-refractivity contribution in [3.05, 3.63) is 89.7 Å². The van der Waals surface area contributed by atoms with Crippen molar-refractivity contribution in [2.24, 2.45) is 0 Å². The monoisotopic (exact) mass is 482 g/mol. The molecule has 3 aromatic carbocycles. The molecule has 0 radical (unpaired) electrons. The second-order valence-corrected chi connectivity index (χ2v) is 10.3. The Morgan fingerprint density at radius 3 is 2.53 bits per heavy atom. The fraction of sp³-hybridized carbons (Fsp3) is 0.269. The first-order valence-electron chi connectivity index (χ1n) is 11.1. The number of methoxy groups -OCH3 is 1. The van der Waals surface area contributed by atoms with Crippen LogP contribution in [0.4, 0.5) is 10.1 Å².